The van der Waals surface area contributed by atoms with Gasteiger partial charge >= 0.3 is 5.97 Å². The van der Waals surface area contributed by atoms with Crippen molar-refractivity contribution >= 4 is 11.9 Å². The minimum absolute atomic E-state index is 0.175. The van der Waals surface area contributed by atoms with Gasteiger partial charge in [-0.05, 0) is 49.1 Å². The first kappa shape index (κ1) is 17.0. The van der Waals surface area contributed by atoms with Gasteiger partial charge in [0.2, 0.25) is 0 Å². The topological polar surface area (TPSA) is 75.6 Å². The van der Waals surface area contributed by atoms with Gasteiger partial charge in [-0.2, -0.15) is 0 Å². The number of aliphatic carboxylic acids is 1. The molecule has 1 amide bonds. The average Bonchev–Trinajstić information content (AvgIpc) is 2.56. The van der Waals surface area contributed by atoms with Gasteiger partial charge in [0.25, 0.3) is 5.91 Å². The Morgan fingerprint density at radius 2 is 1.92 bits per heavy atom. The van der Waals surface area contributed by atoms with E-state index in [4.69, 9.17) is 4.74 Å². The maximum atomic E-state index is 13.1. The zero-order chi connectivity index (χ0) is 17.9. The van der Waals surface area contributed by atoms with E-state index in [-0.39, 0.29) is 12.4 Å². The summed E-state index contributed by atoms with van der Waals surface area (Å²) in [6, 6.07) is 12.6. The van der Waals surface area contributed by atoms with Crippen molar-refractivity contribution in [1.29, 1.82) is 0 Å². The Bertz CT molecular complexity index is 802. The molecular formula is C19H18FNO4. The molecule has 1 aliphatic rings. The van der Waals surface area contributed by atoms with Crippen molar-refractivity contribution in [3.05, 3.63) is 65.5 Å². The first-order valence-electron chi connectivity index (χ1n) is 8.02. The van der Waals surface area contributed by atoms with E-state index in [2.05, 4.69) is 5.32 Å². The van der Waals surface area contributed by atoms with Gasteiger partial charge in [0.1, 0.15) is 23.7 Å². The molecular weight excluding hydrogens is 325 g/mol. The number of hydrogen-bond acceptors (Lipinski definition) is 3. The van der Waals surface area contributed by atoms with Crippen LogP contribution in [0.2, 0.25) is 0 Å². The van der Waals surface area contributed by atoms with Crippen molar-refractivity contribution in [3.8, 4) is 5.75 Å². The number of carbonyl (C=O) groups excluding carboxylic acids is 1. The fourth-order valence-electron chi connectivity index (χ4n) is 2.74. The van der Waals surface area contributed by atoms with Gasteiger partial charge in [-0.3, -0.25) is 4.79 Å². The summed E-state index contributed by atoms with van der Waals surface area (Å²) in [7, 11) is 0. The third-order valence-electron chi connectivity index (χ3n) is 4.36. The van der Waals surface area contributed by atoms with Crippen LogP contribution in [0, 0.1) is 5.82 Å². The highest BCUT2D eigenvalue weighted by molar-refractivity contribution is 5.98. The summed E-state index contributed by atoms with van der Waals surface area (Å²) < 4.78 is 18.7. The number of carboxylic acid groups (broad SMARTS) is 1. The lowest BCUT2D eigenvalue weighted by molar-refractivity contribution is -0.148. The van der Waals surface area contributed by atoms with Crippen molar-refractivity contribution in [2.75, 3.05) is 0 Å². The first-order chi connectivity index (χ1) is 12.0. The summed E-state index contributed by atoms with van der Waals surface area (Å²) in [6.07, 6.45) is 1.67. The number of hydrogen-bond donors (Lipinski definition) is 2. The van der Waals surface area contributed by atoms with Gasteiger partial charge < -0.3 is 15.2 Å². The van der Waals surface area contributed by atoms with Crippen LogP contribution in [0.4, 0.5) is 4.39 Å². The third-order valence-corrected chi connectivity index (χ3v) is 4.36. The van der Waals surface area contributed by atoms with Crippen LogP contribution in [0.1, 0.15) is 35.2 Å². The van der Waals surface area contributed by atoms with Crippen LogP contribution < -0.4 is 10.1 Å². The standard InChI is InChI=1S/C19H18FNO4/c20-15-6-2-7-16(11-15)25-12-13-4-1-5-14(10-13)17(22)21-19(18(23)24)8-3-9-19/h1-2,4-7,10-11H,3,8-9,12H2,(H,21,22)(H,23,24). The number of benzene rings is 2. The lowest BCUT2D eigenvalue weighted by atomic mass is 9.76. The normalized spacial score (nSPS) is 15.1. The molecule has 2 N–H and O–H groups in total. The molecule has 0 heterocycles. The van der Waals surface area contributed by atoms with E-state index in [9.17, 15) is 19.1 Å². The van der Waals surface area contributed by atoms with Crippen LogP contribution in [0.5, 0.6) is 5.75 Å². The van der Waals surface area contributed by atoms with E-state index in [1.165, 1.54) is 12.1 Å². The van der Waals surface area contributed by atoms with Gasteiger partial charge in [0.15, 0.2) is 0 Å². The molecule has 1 fully saturated rings. The van der Waals surface area contributed by atoms with Gasteiger partial charge in [-0.25, -0.2) is 9.18 Å². The fourth-order valence-corrected chi connectivity index (χ4v) is 2.74. The number of carboxylic acids is 1. The van der Waals surface area contributed by atoms with Crippen molar-refractivity contribution in [2.45, 2.75) is 31.4 Å². The van der Waals surface area contributed by atoms with E-state index in [0.29, 0.717) is 24.2 Å². The molecule has 0 spiro atoms. The third kappa shape index (κ3) is 3.79. The Morgan fingerprint density at radius 3 is 2.56 bits per heavy atom. The molecule has 2 aromatic rings. The smallest absolute Gasteiger partial charge is 0.329 e. The average molecular weight is 343 g/mol. The second-order valence-electron chi connectivity index (χ2n) is 6.14. The zero-order valence-electron chi connectivity index (χ0n) is 13.5. The molecule has 0 aromatic heterocycles. The van der Waals surface area contributed by atoms with Crippen LogP contribution in [0.3, 0.4) is 0 Å². The van der Waals surface area contributed by atoms with Crippen molar-refractivity contribution in [2.24, 2.45) is 0 Å². The fraction of sp³-hybridized carbons (Fsp3) is 0.263. The van der Waals surface area contributed by atoms with Gasteiger partial charge in [0.05, 0.1) is 0 Å². The monoisotopic (exact) mass is 343 g/mol. The summed E-state index contributed by atoms with van der Waals surface area (Å²) in [5.74, 6) is -1.41. The highest BCUT2D eigenvalue weighted by atomic mass is 19.1. The Kier molecular flexibility index (Phi) is 4.70. The molecule has 1 aliphatic carbocycles. The number of carbonyl (C=O) groups is 2. The molecule has 3 rings (SSSR count). The second kappa shape index (κ2) is 6.93. The molecule has 0 aliphatic heterocycles. The zero-order valence-corrected chi connectivity index (χ0v) is 13.5. The van der Waals surface area contributed by atoms with Crippen LogP contribution in [0.15, 0.2) is 48.5 Å². The molecule has 6 heteroatoms. The van der Waals surface area contributed by atoms with Crippen LogP contribution in [-0.2, 0) is 11.4 Å². The second-order valence-corrected chi connectivity index (χ2v) is 6.14. The molecule has 0 saturated heterocycles. The minimum Gasteiger partial charge on any atom is -0.489 e. The largest absolute Gasteiger partial charge is 0.489 e. The summed E-state index contributed by atoms with van der Waals surface area (Å²) in [4.78, 5) is 23.7. The minimum atomic E-state index is -1.15. The highest BCUT2D eigenvalue weighted by Crippen LogP contribution is 2.32. The summed E-state index contributed by atoms with van der Waals surface area (Å²) in [5, 5.41) is 11.9. The van der Waals surface area contributed by atoms with E-state index >= 15 is 0 Å². The predicted molar refractivity (Wildman–Crippen MR) is 88.9 cm³/mol. The van der Waals surface area contributed by atoms with Gasteiger partial charge in [-0.1, -0.05) is 18.2 Å². The number of rotatable bonds is 6. The summed E-state index contributed by atoms with van der Waals surface area (Å²) in [5.41, 5.74) is -0.0479. The van der Waals surface area contributed by atoms with E-state index in [1.807, 2.05) is 0 Å². The number of nitrogens with one attached hydrogen (secondary N) is 1. The lowest BCUT2D eigenvalue weighted by Crippen LogP contribution is -2.59. The highest BCUT2D eigenvalue weighted by Gasteiger charge is 2.45. The predicted octanol–water partition coefficient (Wildman–Crippen LogP) is 3.14. The Morgan fingerprint density at radius 1 is 1.16 bits per heavy atom. The van der Waals surface area contributed by atoms with E-state index in [0.717, 1.165) is 12.0 Å². The van der Waals surface area contributed by atoms with Gasteiger partial charge in [-0.15, -0.1) is 0 Å². The van der Waals surface area contributed by atoms with Crippen LogP contribution >= 0.6 is 0 Å². The lowest BCUT2D eigenvalue weighted by Gasteiger charge is -2.38. The van der Waals surface area contributed by atoms with Crippen molar-refractivity contribution < 1.29 is 23.8 Å². The number of ether oxygens (including phenoxy) is 1. The Balaban J connectivity index is 1.66. The molecule has 5 nitrogen and oxygen atoms in total. The molecule has 1 saturated carbocycles. The molecule has 0 radical (unpaired) electrons. The molecule has 0 atom stereocenters. The number of amides is 1. The number of halogens is 1. The summed E-state index contributed by atoms with van der Waals surface area (Å²) in [6.45, 7) is 0.175. The SMILES string of the molecule is O=C(NC1(C(=O)O)CCC1)c1cccc(COc2cccc(F)c2)c1. The molecule has 25 heavy (non-hydrogen) atoms. The van der Waals surface area contributed by atoms with E-state index < -0.39 is 17.4 Å². The van der Waals surface area contributed by atoms with Crippen molar-refractivity contribution in [3.63, 3.8) is 0 Å². The van der Waals surface area contributed by atoms with Crippen LogP contribution in [-0.4, -0.2) is 22.5 Å². The maximum absolute atomic E-state index is 13.1. The van der Waals surface area contributed by atoms with Crippen molar-refractivity contribution in [1.82, 2.24) is 5.32 Å². The molecule has 130 valence electrons. The molecule has 0 unspecified atom stereocenters. The molecule has 0 bridgehead atoms. The summed E-state index contributed by atoms with van der Waals surface area (Å²) >= 11 is 0. The van der Waals surface area contributed by atoms with E-state index in [1.54, 1.807) is 36.4 Å². The Hall–Kier alpha value is -2.89. The van der Waals surface area contributed by atoms with Gasteiger partial charge in [0, 0.05) is 11.6 Å². The van der Waals surface area contributed by atoms with Crippen LogP contribution in [0.25, 0.3) is 0 Å². The molecule has 2 aromatic carbocycles. The maximum Gasteiger partial charge on any atom is 0.329 e. The first-order valence-corrected chi connectivity index (χ1v) is 8.02. The Labute approximate surface area is 144 Å². The quantitative estimate of drug-likeness (QED) is 0.845.